The van der Waals surface area contributed by atoms with Gasteiger partial charge in [-0.2, -0.15) is 0 Å². The van der Waals surface area contributed by atoms with Crippen molar-refractivity contribution in [3.63, 3.8) is 0 Å². The molecule has 0 unspecified atom stereocenters. The lowest BCUT2D eigenvalue weighted by atomic mass is 10.1. The van der Waals surface area contributed by atoms with Crippen molar-refractivity contribution in [2.24, 2.45) is 0 Å². The predicted octanol–water partition coefficient (Wildman–Crippen LogP) is 5.58. The molecule has 1 saturated carbocycles. The Morgan fingerprint density at radius 2 is 1.95 bits per heavy atom. The Balaban J connectivity index is 2.13. The molecule has 0 saturated heterocycles. The van der Waals surface area contributed by atoms with Gasteiger partial charge in [0.2, 0.25) is 0 Å². The number of hydrogen-bond acceptors (Lipinski definition) is 2. The third-order valence-corrected chi connectivity index (χ3v) is 5.49. The standard InChI is InChI=1S/C15H17Cl2NS/c1-8(2)18-7-12-13(9-3-4-9)14-10(16)5-6-11(17)15(14)19-12/h5-6,8-9,18H,3-4,7H2,1-2H3. The van der Waals surface area contributed by atoms with Gasteiger partial charge in [-0.05, 0) is 36.5 Å². The second-order valence-corrected chi connectivity index (χ2v) is 7.40. The summed E-state index contributed by atoms with van der Waals surface area (Å²) >= 11 is 14.5. The van der Waals surface area contributed by atoms with E-state index in [1.807, 2.05) is 12.1 Å². The molecular weight excluding hydrogens is 297 g/mol. The first-order valence-corrected chi connectivity index (χ1v) is 8.27. The largest absolute Gasteiger partial charge is 0.310 e. The van der Waals surface area contributed by atoms with Gasteiger partial charge in [0.25, 0.3) is 0 Å². The van der Waals surface area contributed by atoms with E-state index in [4.69, 9.17) is 23.2 Å². The average Bonchev–Trinajstić information content (AvgIpc) is 3.12. The number of rotatable bonds is 4. The van der Waals surface area contributed by atoms with Gasteiger partial charge in [-0.1, -0.05) is 37.0 Å². The number of fused-ring (bicyclic) bond motifs is 1. The monoisotopic (exact) mass is 313 g/mol. The van der Waals surface area contributed by atoms with Gasteiger partial charge in [-0.25, -0.2) is 0 Å². The van der Waals surface area contributed by atoms with Crippen LogP contribution in [-0.4, -0.2) is 6.04 Å². The smallest absolute Gasteiger partial charge is 0.0585 e. The fourth-order valence-electron chi connectivity index (χ4n) is 2.43. The van der Waals surface area contributed by atoms with E-state index in [1.54, 1.807) is 11.3 Å². The molecule has 0 bridgehead atoms. The molecule has 1 aliphatic carbocycles. The number of nitrogens with one attached hydrogen (secondary N) is 1. The van der Waals surface area contributed by atoms with E-state index in [0.717, 1.165) is 21.3 Å². The molecule has 1 aromatic carbocycles. The summed E-state index contributed by atoms with van der Waals surface area (Å²) in [6.45, 7) is 5.25. The molecule has 1 heterocycles. The Hall–Kier alpha value is -0.280. The molecular formula is C15H17Cl2NS. The van der Waals surface area contributed by atoms with E-state index >= 15 is 0 Å². The Kier molecular flexibility index (Phi) is 3.78. The minimum atomic E-state index is 0.489. The second-order valence-electron chi connectivity index (χ2n) is 5.48. The van der Waals surface area contributed by atoms with Gasteiger partial charge in [0.1, 0.15) is 0 Å². The lowest BCUT2D eigenvalue weighted by Crippen LogP contribution is -2.21. The van der Waals surface area contributed by atoms with Crippen LogP contribution >= 0.6 is 34.5 Å². The molecule has 0 amide bonds. The minimum absolute atomic E-state index is 0.489. The van der Waals surface area contributed by atoms with E-state index < -0.39 is 0 Å². The summed E-state index contributed by atoms with van der Waals surface area (Å²) in [7, 11) is 0. The maximum absolute atomic E-state index is 6.41. The molecule has 4 heteroatoms. The lowest BCUT2D eigenvalue weighted by molar-refractivity contribution is 0.591. The van der Waals surface area contributed by atoms with E-state index in [1.165, 1.54) is 28.7 Å². The molecule has 1 fully saturated rings. The van der Waals surface area contributed by atoms with Crippen LogP contribution in [-0.2, 0) is 6.54 Å². The zero-order valence-electron chi connectivity index (χ0n) is 11.1. The van der Waals surface area contributed by atoms with Crippen LogP contribution in [0.5, 0.6) is 0 Å². The van der Waals surface area contributed by atoms with Crippen LogP contribution in [0.2, 0.25) is 10.0 Å². The van der Waals surface area contributed by atoms with Crippen molar-refractivity contribution in [2.75, 3.05) is 0 Å². The number of hydrogen-bond donors (Lipinski definition) is 1. The first-order valence-electron chi connectivity index (χ1n) is 6.70. The SMILES string of the molecule is CC(C)NCc1sc2c(Cl)ccc(Cl)c2c1C1CC1. The molecule has 0 atom stereocenters. The Bertz CT molecular complexity index is 614. The first-order chi connectivity index (χ1) is 9.08. The molecule has 102 valence electrons. The van der Waals surface area contributed by atoms with Crippen molar-refractivity contribution >= 4 is 44.6 Å². The maximum Gasteiger partial charge on any atom is 0.0585 e. The third-order valence-electron chi connectivity index (χ3n) is 3.51. The molecule has 0 spiro atoms. The summed E-state index contributed by atoms with van der Waals surface area (Å²) in [6, 6.07) is 4.31. The second kappa shape index (κ2) is 5.25. The Labute approximate surface area is 127 Å². The highest BCUT2D eigenvalue weighted by Gasteiger charge is 2.31. The number of benzene rings is 1. The Morgan fingerprint density at radius 1 is 1.26 bits per heavy atom. The summed E-state index contributed by atoms with van der Waals surface area (Å²) in [6.07, 6.45) is 2.56. The normalized spacial score (nSPS) is 15.6. The van der Waals surface area contributed by atoms with E-state index in [-0.39, 0.29) is 0 Å². The van der Waals surface area contributed by atoms with Crippen LogP contribution in [0, 0.1) is 0 Å². The highest BCUT2D eigenvalue weighted by molar-refractivity contribution is 7.20. The molecule has 0 radical (unpaired) electrons. The van der Waals surface area contributed by atoms with Crippen molar-refractivity contribution in [1.29, 1.82) is 0 Å². The van der Waals surface area contributed by atoms with Gasteiger partial charge < -0.3 is 5.32 Å². The summed E-state index contributed by atoms with van der Waals surface area (Å²) in [5, 5.41) is 6.37. The Morgan fingerprint density at radius 3 is 2.58 bits per heavy atom. The van der Waals surface area contributed by atoms with Crippen LogP contribution in [0.1, 0.15) is 43.0 Å². The summed E-state index contributed by atoms with van der Waals surface area (Å²) in [4.78, 5) is 1.40. The van der Waals surface area contributed by atoms with Gasteiger partial charge in [-0.15, -0.1) is 11.3 Å². The average molecular weight is 314 g/mol. The predicted molar refractivity (Wildman–Crippen MR) is 85.8 cm³/mol. The van der Waals surface area contributed by atoms with Crippen molar-refractivity contribution in [3.05, 3.63) is 32.6 Å². The van der Waals surface area contributed by atoms with Crippen molar-refractivity contribution < 1.29 is 0 Å². The molecule has 1 aliphatic rings. The zero-order chi connectivity index (χ0) is 13.6. The van der Waals surface area contributed by atoms with Crippen molar-refractivity contribution in [1.82, 2.24) is 5.32 Å². The lowest BCUT2D eigenvalue weighted by Gasteiger charge is -2.08. The first kappa shape index (κ1) is 13.7. The minimum Gasteiger partial charge on any atom is -0.310 e. The van der Waals surface area contributed by atoms with Crippen molar-refractivity contribution in [2.45, 2.75) is 45.2 Å². The summed E-state index contributed by atoms with van der Waals surface area (Å²) < 4.78 is 1.15. The van der Waals surface area contributed by atoms with Gasteiger partial charge in [-0.3, -0.25) is 0 Å². The molecule has 1 N–H and O–H groups in total. The maximum atomic E-state index is 6.41. The van der Waals surface area contributed by atoms with Crippen molar-refractivity contribution in [3.8, 4) is 0 Å². The zero-order valence-corrected chi connectivity index (χ0v) is 13.4. The highest BCUT2D eigenvalue weighted by Crippen LogP contribution is 2.51. The fourth-order valence-corrected chi connectivity index (χ4v) is 4.29. The molecule has 1 aromatic heterocycles. The topological polar surface area (TPSA) is 12.0 Å². The van der Waals surface area contributed by atoms with Crippen LogP contribution in [0.25, 0.3) is 10.1 Å². The van der Waals surface area contributed by atoms with Crippen LogP contribution in [0.4, 0.5) is 0 Å². The molecule has 3 rings (SSSR count). The van der Waals surface area contributed by atoms with Gasteiger partial charge in [0.15, 0.2) is 0 Å². The molecule has 1 nitrogen and oxygen atoms in total. The van der Waals surface area contributed by atoms with E-state index in [9.17, 15) is 0 Å². The van der Waals surface area contributed by atoms with Crippen LogP contribution in [0.15, 0.2) is 12.1 Å². The van der Waals surface area contributed by atoms with E-state index in [0.29, 0.717) is 12.0 Å². The molecule has 2 aromatic rings. The van der Waals surface area contributed by atoms with Crippen LogP contribution in [0.3, 0.4) is 0 Å². The van der Waals surface area contributed by atoms with Gasteiger partial charge in [0.05, 0.1) is 9.72 Å². The van der Waals surface area contributed by atoms with E-state index in [2.05, 4.69) is 19.2 Å². The van der Waals surface area contributed by atoms with Gasteiger partial charge in [0, 0.05) is 27.9 Å². The summed E-state index contributed by atoms with van der Waals surface area (Å²) in [5.74, 6) is 0.689. The molecule has 0 aliphatic heterocycles. The van der Waals surface area contributed by atoms with Gasteiger partial charge >= 0.3 is 0 Å². The number of halogens is 2. The third kappa shape index (κ3) is 2.64. The molecule has 19 heavy (non-hydrogen) atoms. The fraction of sp³-hybridized carbons (Fsp3) is 0.467. The highest BCUT2D eigenvalue weighted by atomic mass is 35.5. The number of thiophene rings is 1. The quantitative estimate of drug-likeness (QED) is 0.776. The van der Waals surface area contributed by atoms with Crippen LogP contribution < -0.4 is 5.32 Å². The summed E-state index contributed by atoms with van der Waals surface area (Å²) in [5.41, 5.74) is 1.45.